The van der Waals surface area contributed by atoms with Gasteiger partial charge in [-0.3, -0.25) is 0 Å². The molecule has 0 unspecified atom stereocenters. The van der Waals surface area contributed by atoms with Crippen LogP contribution in [0.1, 0.15) is 89.9 Å². The molecule has 2 radical (unpaired) electrons. The van der Waals surface area contributed by atoms with Crippen molar-refractivity contribution in [2.45, 2.75) is 89.9 Å². The summed E-state index contributed by atoms with van der Waals surface area (Å²) in [5, 5.41) is 0. The molecule has 0 heterocycles. The lowest BCUT2D eigenvalue weighted by Gasteiger charge is -2.00. The molecule has 0 saturated carbocycles. The fraction of sp³-hybridized carbons (Fsp3) is 0.778. The molecule has 0 aliphatic carbocycles. The molecule has 0 spiro atoms. The van der Waals surface area contributed by atoms with Crippen LogP contribution in [0.25, 0.3) is 0 Å². The highest BCUT2D eigenvalue weighted by Crippen LogP contribution is 2.10. The summed E-state index contributed by atoms with van der Waals surface area (Å²) in [6.45, 7) is 7.73. The minimum absolute atomic E-state index is 1.09. The average Bonchev–Trinajstić information content (AvgIpc) is 2.39. The molecular formula is C18H34. The second-order valence-corrected chi connectivity index (χ2v) is 5.29. The topological polar surface area (TPSA) is 0 Å². The first-order chi connectivity index (χ1) is 8.91. The first-order valence-corrected chi connectivity index (χ1v) is 8.15. The third-order valence-electron chi connectivity index (χ3n) is 3.41. The van der Waals surface area contributed by atoms with E-state index in [2.05, 4.69) is 26.0 Å². The summed E-state index contributed by atoms with van der Waals surface area (Å²) in [5.41, 5.74) is 0. The molecule has 0 aromatic carbocycles. The summed E-state index contributed by atoms with van der Waals surface area (Å²) in [6.07, 6.45) is 23.3. The lowest BCUT2D eigenvalue weighted by atomic mass is 10.1. The minimum Gasteiger partial charge on any atom is -0.0885 e. The van der Waals surface area contributed by atoms with Crippen molar-refractivity contribution in [3.8, 4) is 0 Å². The van der Waals surface area contributed by atoms with Gasteiger partial charge >= 0.3 is 0 Å². The molecular weight excluding hydrogens is 216 g/mol. The number of unbranched alkanes of at least 4 members (excludes halogenated alkanes) is 12. The zero-order valence-electron chi connectivity index (χ0n) is 12.5. The van der Waals surface area contributed by atoms with Crippen molar-refractivity contribution in [1.29, 1.82) is 0 Å². The Hall–Kier alpha value is -0.260. The van der Waals surface area contributed by atoms with Gasteiger partial charge in [-0.15, -0.1) is 0 Å². The first-order valence-electron chi connectivity index (χ1n) is 8.15. The lowest BCUT2D eigenvalue weighted by molar-refractivity contribution is 0.570. The third kappa shape index (κ3) is 15.7. The van der Waals surface area contributed by atoms with E-state index in [9.17, 15) is 0 Å². The van der Waals surface area contributed by atoms with Gasteiger partial charge < -0.3 is 0 Å². The number of rotatable bonds is 14. The fourth-order valence-electron chi connectivity index (χ4n) is 2.17. The summed E-state index contributed by atoms with van der Waals surface area (Å²) >= 11 is 0. The molecule has 0 saturated heterocycles. The number of hydrogen-bond acceptors (Lipinski definition) is 0. The zero-order valence-corrected chi connectivity index (χ0v) is 12.5. The van der Waals surface area contributed by atoms with Crippen molar-refractivity contribution >= 4 is 0 Å². The van der Waals surface area contributed by atoms with Crippen LogP contribution in [0, 0.1) is 13.8 Å². The summed E-state index contributed by atoms with van der Waals surface area (Å²) in [6, 6.07) is 0. The van der Waals surface area contributed by atoms with Crippen molar-refractivity contribution in [2.24, 2.45) is 0 Å². The fourth-order valence-corrected chi connectivity index (χ4v) is 2.17. The first kappa shape index (κ1) is 17.7. The average molecular weight is 250 g/mol. The maximum atomic E-state index is 3.88. The SMILES string of the molecule is [CH2]CCCCC=CCCCCCCCCCC[CH2]. The molecule has 18 heavy (non-hydrogen) atoms. The van der Waals surface area contributed by atoms with Crippen LogP contribution in [0.5, 0.6) is 0 Å². The quantitative estimate of drug-likeness (QED) is 0.238. The molecule has 0 atom stereocenters. The highest BCUT2D eigenvalue weighted by molar-refractivity contribution is 4.81. The summed E-state index contributed by atoms with van der Waals surface area (Å²) in [7, 11) is 0. The normalized spacial score (nSPS) is 11.4. The minimum atomic E-state index is 1.09. The van der Waals surface area contributed by atoms with E-state index in [0.29, 0.717) is 0 Å². The third-order valence-corrected chi connectivity index (χ3v) is 3.41. The summed E-state index contributed by atoms with van der Waals surface area (Å²) < 4.78 is 0. The Morgan fingerprint density at radius 3 is 1.28 bits per heavy atom. The molecule has 0 aliphatic rings. The van der Waals surface area contributed by atoms with E-state index >= 15 is 0 Å². The Labute approximate surface area is 116 Å². The van der Waals surface area contributed by atoms with Gasteiger partial charge in [-0.25, -0.2) is 0 Å². The molecule has 0 rings (SSSR count). The van der Waals surface area contributed by atoms with E-state index in [1.54, 1.807) is 0 Å². The van der Waals surface area contributed by atoms with E-state index in [-0.39, 0.29) is 0 Å². The standard InChI is InChI=1S/C18H34/c1-3-5-7-9-11-13-15-17-18-16-14-12-10-8-6-4-2/h11,13H,1-10,12,14-18H2. The van der Waals surface area contributed by atoms with Gasteiger partial charge in [0, 0.05) is 0 Å². The molecule has 0 nitrogen and oxygen atoms in total. The predicted octanol–water partition coefficient (Wildman–Crippen LogP) is 6.67. The van der Waals surface area contributed by atoms with Gasteiger partial charge in [0.25, 0.3) is 0 Å². The molecule has 106 valence electrons. The largest absolute Gasteiger partial charge is 0.0885 e. The number of hydrogen-bond donors (Lipinski definition) is 0. The van der Waals surface area contributed by atoms with Crippen molar-refractivity contribution in [3.63, 3.8) is 0 Å². The maximum Gasteiger partial charge on any atom is -0.0351 e. The Kier molecular flexibility index (Phi) is 16.5. The van der Waals surface area contributed by atoms with Crippen LogP contribution < -0.4 is 0 Å². The van der Waals surface area contributed by atoms with Crippen molar-refractivity contribution in [3.05, 3.63) is 26.0 Å². The highest BCUT2D eigenvalue weighted by Gasteiger charge is 1.91. The van der Waals surface area contributed by atoms with Crippen LogP contribution in [0.4, 0.5) is 0 Å². The van der Waals surface area contributed by atoms with Gasteiger partial charge in [0.1, 0.15) is 0 Å². The number of allylic oxidation sites excluding steroid dienone is 2. The van der Waals surface area contributed by atoms with Crippen molar-refractivity contribution in [1.82, 2.24) is 0 Å². The zero-order chi connectivity index (χ0) is 13.3. The molecule has 0 bridgehead atoms. The van der Waals surface area contributed by atoms with E-state index in [4.69, 9.17) is 0 Å². The van der Waals surface area contributed by atoms with Gasteiger partial charge in [-0.2, -0.15) is 0 Å². The van der Waals surface area contributed by atoms with E-state index < -0.39 is 0 Å². The van der Waals surface area contributed by atoms with Crippen LogP contribution in [0.3, 0.4) is 0 Å². The van der Waals surface area contributed by atoms with E-state index in [1.807, 2.05) is 0 Å². The molecule has 0 heteroatoms. The molecule has 0 aliphatic heterocycles. The van der Waals surface area contributed by atoms with Crippen molar-refractivity contribution < 1.29 is 0 Å². The van der Waals surface area contributed by atoms with Gasteiger partial charge in [0.2, 0.25) is 0 Å². The van der Waals surface area contributed by atoms with Crippen LogP contribution in [0.2, 0.25) is 0 Å². The van der Waals surface area contributed by atoms with E-state index in [1.165, 1.54) is 77.0 Å². The van der Waals surface area contributed by atoms with Gasteiger partial charge in [0.05, 0.1) is 0 Å². The Bertz CT molecular complexity index is 157. The molecule has 0 aromatic rings. The Morgan fingerprint density at radius 1 is 0.444 bits per heavy atom. The second-order valence-electron chi connectivity index (χ2n) is 5.29. The molecule has 0 N–H and O–H groups in total. The van der Waals surface area contributed by atoms with Gasteiger partial charge in [-0.1, -0.05) is 90.2 Å². The van der Waals surface area contributed by atoms with Crippen LogP contribution in [-0.2, 0) is 0 Å². The Morgan fingerprint density at radius 2 is 0.778 bits per heavy atom. The van der Waals surface area contributed by atoms with Crippen LogP contribution >= 0.6 is 0 Å². The van der Waals surface area contributed by atoms with Gasteiger partial charge in [0.15, 0.2) is 0 Å². The smallest absolute Gasteiger partial charge is 0.0351 e. The second kappa shape index (κ2) is 16.7. The van der Waals surface area contributed by atoms with Crippen LogP contribution in [-0.4, -0.2) is 0 Å². The predicted molar refractivity (Wildman–Crippen MR) is 84.5 cm³/mol. The molecule has 0 amide bonds. The molecule has 0 fully saturated rings. The summed E-state index contributed by atoms with van der Waals surface area (Å²) in [4.78, 5) is 0. The Balaban J connectivity index is 2.98. The van der Waals surface area contributed by atoms with Gasteiger partial charge in [-0.05, 0) is 25.7 Å². The molecule has 0 aromatic heterocycles. The monoisotopic (exact) mass is 250 g/mol. The lowest BCUT2D eigenvalue weighted by Crippen LogP contribution is -1.80. The maximum absolute atomic E-state index is 3.88. The van der Waals surface area contributed by atoms with E-state index in [0.717, 1.165) is 12.8 Å². The summed E-state index contributed by atoms with van der Waals surface area (Å²) in [5.74, 6) is 0. The highest BCUT2D eigenvalue weighted by atomic mass is 14.0. The van der Waals surface area contributed by atoms with Crippen molar-refractivity contribution in [2.75, 3.05) is 0 Å². The van der Waals surface area contributed by atoms with Crippen LogP contribution in [0.15, 0.2) is 12.2 Å².